The summed E-state index contributed by atoms with van der Waals surface area (Å²) in [6.07, 6.45) is 0. The second kappa shape index (κ2) is 6.18. The molecule has 2 rings (SSSR count). The van der Waals surface area contributed by atoms with Gasteiger partial charge < -0.3 is 10.5 Å². The van der Waals surface area contributed by atoms with E-state index >= 15 is 0 Å². The molecule has 1 aromatic carbocycles. The molecule has 0 amide bonds. The first-order valence-electron chi connectivity index (χ1n) is 6.69. The Bertz CT molecular complexity index is 680. The predicted molar refractivity (Wildman–Crippen MR) is 82.4 cm³/mol. The van der Waals surface area contributed by atoms with E-state index in [-0.39, 0.29) is 6.61 Å². The molecule has 0 aliphatic rings. The number of aryl methyl sites for hydroxylation is 3. The number of nitrogens with zero attached hydrogens (tertiary/aromatic N) is 2. The number of hydrogen-bond donors (Lipinski definition) is 1. The van der Waals surface area contributed by atoms with Gasteiger partial charge in [0, 0.05) is 12.2 Å². The van der Waals surface area contributed by atoms with E-state index in [0.717, 1.165) is 11.3 Å². The number of anilines is 1. The monoisotopic (exact) mass is 307 g/mol. The van der Waals surface area contributed by atoms with Crippen molar-refractivity contribution < 1.29 is 9.53 Å². The Morgan fingerprint density at radius 1 is 1.43 bits per heavy atom. The lowest BCUT2D eigenvalue weighted by molar-refractivity contribution is 0.0461. The van der Waals surface area contributed by atoms with Crippen molar-refractivity contribution in [2.45, 2.75) is 33.9 Å². The predicted octanol–water partition coefficient (Wildman–Crippen LogP) is 3.11. The van der Waals surface area contributed by atoms with Crippen molar-refractivity contribution in [3.63, 3.8) is 0 Å². The van der Waals surface area contributed by atoms with Crippen LogP contribution in [0.4, 0.5) is 5.69 Å². The minimum absolute atomic E-state index is 0.0934. The molecule has 0 aliphatic heterocycles. The van der Waals surface area contributed by atoms with Crippen molar-refractivity contribution in [3.8, 4) is 0 Å². The molecule has 112 valence electrons. The van der Waals surface area contributed by atoms with Crippen LogP contribution in [0.3, 0.4) is 0 Å². The zero-order valence-corrected chi connectivity index (χ0v) is 13.1. The summed E-state index contributed by atoms with van der Waals surface area (Å²) in [6, 6.07) is 5.08. The number of ether oxygens (including phenoxy) is 1. The molecule has 1 aromatic heterocycles. The van der Waals surface area contributed by atoms with Gasteiger partial charge in [-0.2, -0.15) is 5.10 Å². The zero-order valence-electron chi connectivity index (χ0n) is 12.3. The zero-order chi connectivity index (χ0) is 15.6. The smallest absolute Gasteiger partial charge is 0.338 e. The number of hydrogen-bond acceptors (Lipinski definition) is 4. The highest BCUT2D eigenvalue weighted by Gasteiger charge is 2.16. The number of carbonyl (C=O) groups excluding carboxylic acids is 1. The van der Waals surface area contributed by atoms with Gasteiger partial charge in [0.2, 0.25) is 0 Å². The first-order chi connectivity index (χ1) is 9.93. The van der Waals surface area contributed by atoms with E-state index in [9.17, 15) is 4.79 Å². The van der Waals surface area contributed by atoms with Crippen LogP contribution in [-0.4, -0.2) is 15.7 Å². The molecule has 0 atom stereocenters. The first-order valence-corrected chi connectivity index (χ1v) is 7.06. The van der Waals surface area contributed by atoms with Crippen molar-refractivity contribution in [2.24, 2.45) is 0 Å². The highest BCUT2D eigenvalue weighted by molar-refractivity contribution is 6.31. The molecule has 0 bridgehead atoms. The maximum Gasteiger partial charge on any atom is 0.338 e. The van der Waals surface area contributed by atoms with Gasteiger partial charge in [-0.25, -0.2) is 4.79 Å². The van der Waals surface area contributed by atoms with Crippen LogP contribution in [0.25, 0.3) is 0 Å². The Kier molecular flexibility index (Phi) is 4.53. The third-order valence-corrected chi connectivity index (χ3v) is 3.75. The van der Waals surface area contributed by atoms with Crippen LogP contribution in [0, 0.1) is 13.8 Å². The van der Waals surface area contributed by atoms with Crippen molar-refractivity contribution in [2.75, 3.05) is 5.73 Å². The fourth-order valence-electron chi connectivity index (χ4n) is 2.13. The van der Waals surface area contributed by atoms with Crippen LogP contribution < -0.4 is 5.73 Å². The highest BCUT2D eigenvalue weighted by atomic mass is 35.5. The molecule has 0 aliphatic carbocycles. The summed E-state index contributed by atoms with van der Waals surface area (Å²) in [6.45, 7) is 6.36. The van der Waals surface area contributed by atoms with Gasteiger partial charge in [-0.1, -0.05) is 11.6 Å². The molecule has 21 heavy (non-hydrogen) atoms. The second-order valence-electron chi connectivity index (χ2n) is 4.81. The lowest BCUT2D eigenvalue weighted by Crippen LogP contribution is -2.11. The van der Waals surface area contributed by atoms with Gasteiger partial charge in [0.1, 0.15) is 6.61 Å². The number of carbonyl (C=O) groups is 1. The van der Waals surface area contributed by atoms with Crippen molar-refractivity contribution in [1.82, 2.24) is 9.78 Å². The minimum atomic E-state index is -0.398. The van der Waals surface area contributed by atoms with Gasteiger partial charge in [-0.15, -0.1) is 0 Å². The van der Waals surface area contributed by atoms with Gasteiger partial charge >= 0.3 is 5.97 Å². The van der Waals surface area contributed by atoms with Gasteiger partial charge in [0.25, 0.3) is 0 Å². The van der Waals surface area contributed by atoms with Crippen molar-refractivity contribution in [1.29, 1.82) is 0 Å². The van der Waals surface area contributed by atoms with Crippen LogP contribution >= 0.6 is 11.6 Å². The molecular formula is C15H18ClN3O2. The van der Waals surface area contributed by atoms with Gasteiger partial charge in [0.05, 0.1) is 22.0 Å². The third-order valence-electron chi connectivity index (χ3n) is 3.26. The number of halogens is 1. The van der Waals surface area contributed by atoms with Crippen LogP contribution in [0.15, 0.2) is 18.2 Å². The van der Waals surface area contributed by atoms with Crippen molar-refractivity contribution in [3.05, 3.63) is 45.7 Å². The molecule has 0 radical (unpaired) electrons. The van der Waals surface area contributed by atoms with E-state index in [1.165, 1.54) is 0 Å². The average molecular weight is 308 g/mol. The van der Waals surface area contributed by atoms with E-state index in [4.69, 9.17) is 22.1 Å². The largest absolute Gasteiger partial charge is 0.456 e. The fourth-order valence-corrected chi connectivity index (χ4v) is 2.32. The topological polar surface area (TPSA) is 70.1 Å². The molecule has 0 unspecified atom stereocenters. The van der Waals surface area contributed by atoms with Gasteiger partial charge in [-0.05, 0) is 44.5 Å². The molecular weight excluding hydrogens is 290 g/mol. The molecule has 6 heteroatoms. The number of benzene rings is 1. The molecule has 0 fully saturated rings. The maximum atomic E-state index is 12.1. The van der Waals surface area contributed by atoms with E-state index in [2.05, 4.69) is 5.10 Å². The summed E-state index contributed by atoms with van der Waals surface area (Å²) in [5.74, 6) is -0.398. The Balaban J connectivity index is 2.14. The summed E-state index contributed by atoms with van der Waals surface area (Å²) in [4.78, 5) is 12.1. The lowest BCUT2D eigenvalue weighted by atomic mass is 10.1. The standard InChI is InChI=1S/C15H18ClN3O2/c1-4-19-13(14(16)10(3)18-19)8-21-15(20)12-6-5-11(17)7-9(12)2/h5-7H,4,8,17H2,1-3H3. The Hall–Kier alpha value is -2.01. The van der Waals surface area contributed by atoms with Crippen LogP contribution in [0.2, 0.25) is 5.02 Å². The normalized spacial score (nSPS) is 10.7. The summed E-state index contributed by atoms with van der Waals surface area (Å²) < 4.78 is 7.08. The molecule has 1 heterocycles. The van der Waals surface area contributed by atoms with E-state index in [1.807, 2.05) is 20.8 Å². The van der Waals surface area contributed by atoms with Crippen molar-refractivity contribution >= 4 is 23.3 Å². The number of esters is 1. The number of aromatic nitrogens is 2. The average Bonchev–Trinajstić information content (AvgIpc) is 2.71. The molecule has 2 aromatic rings. The quantitative estimate of drug-likeness (QED) is 0.696. The Morgan fingerprint density at radius 2 is 2.14 bits per heavy atom. The molecule has 0 spiro atoms. The molecule has 0 saturated heterocycles. The van der Waals surface area contributed by atoms with E-state index in [1.54, 1.807) is 22.9 Å². The van der Waals surface area contributed by atoms with Crippen LogP contribution in [0.5, 0.6) is 0 Å². The van der Waals surface area contributed by atoms with E-state index < -0.39 is 5.97 Å². The highest BCUT2D eigenvalue weighted by Crippen LogP contribution is 2.22. The Labute approximate surface area is 128 Å². The first kappa shape index (κ1) is 15.4. The summed E-state index contributed by atoms with van der Waals surface area (Å²) in [5.41, 5.74) is 9.01. The number of rotatable bonds is 4. The van der Waals surface area contributed by atoms with Crippen LogP contribution in [-0.2, 0) is 17.9 Å². The van der Waals surface area contributed by atoms with Crippen LogP contribution in [0.1, 0.15) is 34.2 Å². The maximum absolute atomic E-state index is 12.1. The second-order valence-corrected chi connectivity index (χ2v) is 5.19. The van der Waals surface area contributed by atoms with Gasteiger partial charge in [0.15, 0.2) is 0 Å². The fraction of sp³-hybridized carbons (Fsp3) is 0.333. The van der Waals surface area contributed by atoms with Gasteiger partial charge in [-0.3, -0.25) is 4.68 Å². The molecule has 2 N–H and O–H groups in total. The number of nitrogens with two attached hydrogens (primary N) is 1. The minimum Gasteiger partial charge on any atom is -0.456 e. The third kappa shape index (κ3) is 3.19. The lowest BCUT2D eigenvalue weighted by Gasteiger charge is -2.09. The van der Waals surface area contributed by atoms with E-state index in [0.29, 0.717) is 28.5 Å². The summed E-state index contributed by atoms with van der Waals surface area (Å²) in [5, 5.41) is 4.83. The Morgan fingerprint density at radius 3 is 2.76 bits per heavy atom. The number of nitrogen functional groups attached to an aromatic ring is 1. The SMILES string of the molecule is CCn1nc(C)c(Cl)c1COC(=O)c1ccc(N)cc1C. The molecule has 0 saturated carbocycles. The summed E-state index contributed by atoms with van der Waals surface area (Å²) in [7, 11) is 0. The summed E-state index contributed by atoms with van der Waals surface area (Å²) >= 11 is 6.18. The molecule has 5 nitrogen and oxygen atoms in total.